The van der Waals surface area contributed by atoms with Gasteiger partial charge in [-0.3, -0.25) is 9.59 Å². The first-order valence-electron chi connectivity index (χ1n) is 11.5. The number of anilines is 1. The fraction of sp³-hybridized carbons (Fsp3) is 0.214. The zero-order valence-electron chi connectivity index (χ0n) is 18.7. The molecule has 3 aromatic rings. The topological polar surface area (TPSA) is 58.6 Å². The standard InChI is InChI=1S/C28H25ClN2O3/c29-23-9-6-20(7-10-23)17-26-27(32)30-24-18-22(8-11-25(24)34-26)28(33)31-14-12-21(13-15-31)16-19-4-2-1-3-5-19/h1-11,17-18,21H,12-16H2,(H,30,32)/b26-17-. The predicted molar refractivity (Wildman–Crippen MR) is 134 cm³/mol. The molecule has 0 atom stereocenters. The number of nitrogens with zero attached hydrogens (tertiary/aromatic N) is 1. The maximum Gasteiger partial charge on any atom is 0.291 e. The number of nitrogens with one attached hydrogen (secondary N) is 1. The first-order chi connectivity index (χ1) is 16.5. The quantitative estimate of drug-likeness (QED) is 0.488. The molecule has 0 radical (unpaired) electrons. The smallest absolute Gasteiger partial charge is 0.291 e. The van der Waals surface area contributed by atoms with Crippen molar-refractivity contribution in [2.45, 2.75) is 19.3 Å². The van der Waals surface area contributed by atoms with Gasteiger partial charge in [0, 0.05) is 23.7 Å². The Kier molecular flexibility index (Phi) is 6.37. The zero-order chi connectivity index (χ0) is 23.5. The summed E-state index contributed by atoms with van der Waals surface area (Å²) in [7, 11) is 0. The number of hydrogen-bond acceptors (Lipinski definition) is 3. The molecule has 0 bridgehead atoms. The van der Waals surface area contributed by atoms with Crippen LogP contribution < -0.4 is 10.1 Å². The van der Waals surface area contributed by atoms with Crippen molar-refractivity contribution in [3.63, 3.8) is 0 Å². The number of benzene rings is 3. The lowest BCUT2D eigenvalue weighted by atomic mass is 9.90. The molecule has 3 aromatic carbocycles. The summed E-state index contributed by atoms with van der Waals surface area (Å²) < 4.78 is 5.82. The van der Waals surface area contributed by atoms with Gasteiger partial charge in [-0.2, -0.15) is 0 Å². The number of halogens is 1. The monoisotopic (exact) mass is 472 g/mol. The van der Waals surface area contributed by atoms with Gasteiger partial charge >= 0.3 is 0 Å². The predicted octanol–water partition coefficient (Wildman–Crippen LogP) is 5.81. The third-order valence-electron chi connectivity index (χ3n) is 6.36. The van der Waals surface area contributed by atoms with Crippen molar-refractivity contribution in [3.05, 3.63) is 100 Å². The van der Waals surface area contributed by atoms with Gasteiger partial charge in [0.2, 0.25) is 0 Å². The lowest BCUT2D eigenvalue weighted by Crippen LogP contribution is -2.39. The van der Waals surface area contributed by atoms with Crippen molar-refractivity contribution in [2.75, 3.05) is 18.4 Å². The number of likely N-dealkylation sites (tertiary alicyclic amines) is 1. The van der Waals surface area contributed by atoms with Gasteiger partial charge in [-0.05, 0) is 72.7 Å². The van der Waals surface area contributed by atoms with Gasteiger partial charge < -0.3 is 15.0 Å². The molecule has 0 aliphatic carbocycles. The van der Waals surface area contributed by atoms with E-state index >= 15 is 0 Å². The van der Waals surface area contributed by atoms with Crippen LogP contribution >= 0.6 is 11.6 Å². The highest BCUT2D eigenvalue weighted by atomic mass is 35.5. The van der Waals surface area contributed by atoms with Crippen LogP contribution in [0.2, 0.25) is 5.02 Å². The number of hydrogen-bond donors (Lipinski definition) is 1. The van der Waals surface area contributed by atoms with Gasteiger partial charge in [-0.25, -0.2) is 0 Å². The molecule has 34 heavy (non-hydrogen) atoms. The van der Waals surface area contributed by atoms with E-state index in [0.717, 1.165) is 37.9 Å². The number of piperidine rings is 1. The number of carbonyl (C=O) groups excluding carboxylic acids is 2. The molecule has 0 saturated carbocycles. The highest BCUT2D eigenvalue weighted by Crippen LogP contribution is 2.33. The van der Waals surface area contributed by atoms with Crippen LogP contribution in [0.3, 0.4) is 0 Å². The van der Waals surface area contributed by atoms with Gasteiger partial charge in [-0.1, -0.05) is 54.1 Å². The van der Waals surface area contributed by atoms with Crippen molar-refractivity contribution in [3.8, 4) is 5.75 Å². The highest BCUT2D eigenvalue weighted by molar-refractivity contribution is 6.30. The second-order valence-corrected chi connectivity index (χ2v) is 9.19. The van der Waals surface area contributed by atoms with Crippen LogP contribution in [-0.4, -0.2) is 29.8 Å². The summed E-state index contributed by atoms with van der Waals surface area (Å²) in [5, 5.41) is 3.47. The first kappa shape index (κ1) is 22.2. The number of ether oxygens (including phenoxy) is 1. The Balaban J connectivity index is 1.23. The molecule has 0 aromatic heterocycles. The van der Waals surface area contributed by atoms with E-state index in [2.05, 4.69) is 29.6 Å². The molecule has 1 saturated heterocycles. The maximum absolute atomic E-state index is 13.1. The van der Waals surface area contributed by atoms with E-state index in [1.807, 2.05) is 23.1 Å². The van der Waals surface area contributed by atoms with Gasteiger partial charge in [0.15, 0.2) is 11.5 Å². The first-order valence-corrected chi connectivity index (χ1v) is 11.9. The Morgan fingerprint density at radius 2 is 1.76 bits per heavy atom. The minimum atomic E-state index is -0.353. The molecular formula is C28H25ClN2O3. The molecular weight excluding hydrogens is 448 g/mol. The third kappa shape index (κ3) is 5.00. The second-order valence-electron chi connectivity index (χ2n) is 8.75. The molecule has 0 spiro atoms. The molecule has 5 rings (SSSR count). The zero-order valence-corrected chi connectivity index (χ0v) is 19.4. The average molecular weight is 473 g/mol. The summed E-state index contributed by atoms with van der Waals surface area (Å²) >= 11 is 5.92. The van der Waals surface area contributed by atoms with Crippen LogP contribution in [0.1, 0.15) is 34.3 Å². The van der Waals surface area contributed by atoms with Crippen LogP contribution in [0.4, 0.5) is 5.69 Å². The molecule has 2 aliphatic rings. The Labute approximate surface area is 204 Å². The Bertz CT molecular complexity index is 1230. The number of amides is 2. The van der Waals surface area contributed by atoms with E-state index in [0.29, 0.717) is 27.9 Å². The summed E-state index contributed by atoms with van der Waals surface area (Å²) in [6.07, 6.45) is 4.69. The largest absolute Gasteiger partial charge is 0.449 e. The number of fused-ring (bicyclic) bond motifs is 1. The average Bonchev–Trinajstić information content (AvgIpc) is 2.86. The Morgan fingerprint density at radius 1 is 1.03 bits per heavy atom. The van der Waals surface area contributed by atoms with Gasteiger partial charge in [0.1, 0.15) is 0 Å². The minimum Gasteiger partial charge on any atom is -0.449 e. The van der Waals surface area contributed by atoms with E-state index < -0.39 is 0 Å². The highest BCUT2D eigenvalue weighted by Gasteiger charge is 2.27. The van der Waals surface area contributed by atoms with Crippen molar-refractivity contribution in [1.82, 2.24) is 4.90 Å². The third-order valence-corrected chi connectivity index (χ3v) is 6.61. The summed E-state index contributed by atoms with van der Waals surface area (Å²) in [6.45, 7) is 1.48. The van der Waals surface area contributed by atoms with Crippen LogP contribution in [0.15, 0.2) is 78.6 Å². The maximum atomic E-state index is 13.1. The number of carbonyl (C=O) groups is 2. The van der Waals surface area contributed by atoms with E-state index in [1.165, 1.54) is 5.56 Å². The Hall–Kier alpha value is -3.57. The lowest BCUT2D eigenvalue weighted by Gasteiger charge is -2.32. The molecule has 1 N–H and O–H groups in total. The van der Waals surface area contributed by atoms with Crippen LogP contribution in [0.25, 0.3) is 6.08 Å². The van der Waals surface area contributed by atoms with Gasteiger partial charge in [-0.15, -0.1) is 0 Å². The minimum absolute atomic E-state index is 0.0160. The van der Waals surface area contributed by atoms with Gasteiger partial charge in [0.05, 0.1) is 5.69 Å². The Morgan fingerprint density at radius 3 is 2.50 bits per heavy atom. The van der Waals surface area contributed by atoms with Crippen LogP contribution in [0, 0.1) is 5.92 Å². The molecule has 172 valence electrons. The molecule has 1 fully saturated rings. The summed E-state index contributed by atoms with van der Waals surface area (Å²) in [4.78, 5) is 27.6. The van der Waals surface area contributed by atoms with E-state index in [9.17, 15) is 9.59 Å². The molecule has 2 aliphatic heterocycles. The SMILES string of the molecule is O=C1Nc2cc(C(=O)N3CCC(Cc4ccccc4)CC3)ccc2O/C1=C\c1ccc(Cl)cc1. The lowest BCUT2D eigenvalue weighted by molar-refractivity contribution is -0.115. The normalized spacial score (nSPS) is 17.1. The summed E-state index contributed by atoms with van der Waals surface area (Å²) in [6, 6.07) is 22.8. The molecule has 2 amide bonds. The fourth-order valence-corrected chi connectivity index (χ4v) is 4.60. The van der Waals surface area contributed by atoms with E-state index in [-0.39, 0.29) is 17.6 Å². The fourth-order valence-electron chi connectivity index (χ4n) is 4.47. The summed E-state index contributed by atoms with van der Waals surface area (Å²) in [5.74, 6) is 0.923. The van der Waals surface area contributed by atoms with Gasteiger partial charge in [0.25, 0.3) is 11.8 Å². The molecule has 6 heteroatoms. The van der Waals surface area contributed by atoms with Crippen molar-refractivity contribution >= 4 is 35.2 Å². The molecule has 2 heterocycles. The van der Waals surface area contributed by atoms with Crippen LogP contribution in [0.5, 0.6) is 5.75 Å². The van der Waals surface area contributed by atoms with E-state index in [4.69, 9.17) is 16.3 Å². The molecule has 0 unspecified atom stereocenters. The molecule has 5 nitrogen and oxygen atoms in total. The second kappa shape index (κ2) is 9.74. The number of rotatable bonds is 4. The van der Waals surface area contributed by atoms with E-state index in [1.54, 1.807) is 36.4 Å². The summed E-state index contributed by atoms with van der Waals surface area (Å²) in [5.41, 5.74) is 3.21. The van der Waals surface area contributed by atoms with Crippen molar-refractivity contribution < 1.29 is 14.3 Å². The van der Waals surface area contributed by atoms with Crippen molar-refractivity contribution in [2.24, 2.45) is 5.92 Å². The van der Waals surface area contributed by atoms with Crippen molar-refractivity contribution in [1.29, 1.82) is 0 Å². The van der Waals surface area contributed by atoms with Crippen LogP contribution in [-0.2, 0) is 11.2 Å².